The maximum atomic E-state index is 12.7. The molecule has 2 aliphatic rings. The van der Waals surface area contributed by atoms with Crippen LogP contribution in [-0.2, 0) is 14.3 Å². The highest BCUT2D eigenvalue weighted by atomic mass is 32.1. The van der Waals surface area contributed by atoms with E-state index in [9.17, 15) is 9.59 Å². The number of benzene rings is 2. The number of nitrogens with one attached hydrogen (secondary N) is 3. The molecule has 0 unspecified atom stereocenters. The molecule has 10 nitrogen and oxygen atoms in total. The van der Waals surface area contributed by atoms with Crippen LogP contribution in [0.2, 0.25) is 0 Å². The number of ether oxygens (including phenoxy) is 4. The summed E-state index contributed by atoms with van der Waals surface area (Å²) in [5, 5.41) is 10.4. The zero-order valence-corrected chi connectivity index (χ0v) is 20.6. The summed E-state index contributed by atoms with van der Waals surface area (Å²) in [5.41, 5.74) is 4.79. The number of fused-ring (bicyclic) bond motifs is 1. The number of carbonyl (C=O) groups excluding carboxylic acids is 2. The van der Waals surface area contributed by atoms with Crippen LogP contribution < -0.4 is 30.3 Å². The van der Waals surface area contributed by atoms with Crippen LogP contribution in [0.5, 0.6) is 17.2 Å². The second kappa shape index (κ2) is 11.5. The number of carbonyl (C=O) groups is 2. The molecule has 0 bridgehead atoms. The van der Waals surface area contributed by atoms with Gasteiger partial charge in [0.15, 0.2) is 23.2 Å². The van der Waals surface area contributed by atoms with Crippen LogP contribution >= 0.6 is 12.2 Å². The second-order valence-electron chi connectivity index (χ2n) is 7.81. The van der Waals surface area contributed by atoms with Gasteiger partial charge in [0, 0.05) is 11.3 Å². The molecular formula is C25H26N4O6S. The molecule has 4 rings (SSSR count). The van der Waals surface area contributed by atoms with E-state index in [0.29, 0.717) is 52.4 Å². The molecule has 188 valence electrons. The van der Waals surface area contributed by atoms with E-state index < -0.39 is 17.9 Å². The Labute approximate surface area is 213 Å². The number of hydrazone groups is 1. The lowest BCUT2D eigenvalue weighted by molar-refractivity contribution is -0.139. The van der Waals surface area contributed by atoms with Gasteiger partial charge in [0.25, 0.3) is 5.91 Å². The number of nitrogens with zero attached hydrogens (tertiary/aromatic N) is 1. The van der Waals surface area contributed by atoms with Crippen LogP contribution in [-0.4, -0.2) is 49.6 Å². The zero-order chi connectivity index (χ0) is 25.5. The number of thiocarbonyl (C=S) groups is 1. The fourth-order valence-electron chi connectivity index (χ4n) is 3.75. The van der Waals surface area contributed by atoms with Crippen molar-refractivity contribution >= 4 is 35.4 Å². The molecule has 11 heteroatoms. The van der Waals surface area contributed by atoms with Crippen LogP contribution in [0.1, 0.15) is 31.0 Å². The minimum Gasteiger partial charge on any atom is -0.486 e. The number of allylic oxidation sites excluding steroid dienone is 1. The van der Waals surface area contributed by atoms with Crippen molar-refractivity contribution in [3.8, 4) is 17.2 Å². The highest BCUT2D eigenvalue weighted by molar-refractivity contribution is 7.80. The summed E-state index contributed by atoms with van der Waals surface area (Å²) in [4.78, 5) is 25.0. The smallest absolute Gasteiger partial charge is 0.338 e. The lowest BCUT2D eigenvalue weighted by Crippen LogP contribution is -2.45. The molecule has 2 aromatic carbocycles. The molecule has 0 aliphatic carbocycles. The summed E-state index contributed by atoms with van der Waals surface area (Å²) < 4.78 is 22.1. The van der Waals surface area contributed by atoms with E-state index in [-0.39, 0.29) is 13.2 Å². The lowest BCUT2D eigenvalue weighted by Gasteiger charge is -2.30. The molecule has 1 atom stereocenters. The number of hydrogen-bond acceptors (Lipinski definition) is 8. The van der Waals surface area contributed by atoms with Gasteiger partial charge in [-0.1, -0.05) is 18.2 Å². The van der Waals surface area contributed by atoms with Gasteiger partial charge in [0.1, 0.15) is 19.0 Å². The van der Waals surface area contributed by atoms with Gasteiger partial charge >= 0.3 is 5.97 Å². The lowest BCUT2D eigenvalue weighted by atomic mass is 9.95. The quantitative estimate of drug-likeness (QED) is 0.213. The highest BCUT2D eigenvalue weighted by Gasteiger charge is 2.32. The fourth-order valence-corrected chi connectivity index (χ4v) is 4.02. The number of hydrogen-bond donors (Lipinski definition) is 3. The third-order valence-corrected chi connectivity index (χ3v) is 5.54. The standard InChI is InChI=1S/C25H26N4O6S/c1-3-32-24(31)22-15(2)27-25(36)28-23(22)17-6-4-5-7-18(17)35-14-21(30)29-26-13-16-8-9-19-20(12-16)34-11-10-33-19/h4-9,12-13,23H,3,10-11,14H2,1-2H3,(H,29,30)(H2,27,28,36)/t23-/m1/s1. The van der Waals surface area contributed by atoms with Crippen molar-refractivity contribution < 1.29 is 28.5 Å². The van der Waals surface area contributed by atoms with Crippen molar-refractivity contribution in [2.45, 2.75) is 19.9 Å². The SMILES string of the molecule is CCOC(=O)C1=C(C)NC(=S)N[C@@H]1c1ccccc1OCC(=O)NN=Cc1ccc2c(c1)OCCO2. The molecule has 2 heterocycles. The van der Waals surface area contributed by atoms with Crippen molar-refractivity contribution in [1.29, 1.82) is 0 Å². The normalized spacial score (nSPS) is 16.7. The Balaban J connectivity index is 1.42. The van der Waals surface area contributed by atoms with Crippen molar-refractivity contribution in [2.24, 2.45) is 5.10 Å². The van der Waals surface area contributed by atoms with Crippen LogP contribution in [0.25, 0.3) is 0 Å². The fraction of sp³-hybridized carbons (Fsp3) is 0.280. The van der Waals surface area contributed by atoms with Crippen molar-refractivity contribution in [3.63, 3.8) is 0 Å². The van der Waals surface area contributed by atoms with Crippen LogP contribution in [0.15, 0.2) is 58.8 Å². The molecule has 0 radical (unpaired) electrons. The van der Waals surface area contributed by atoms with Crippen molar-refractivity contribution in [2.75, 3.05) is 26.4 Å². The zero-order valence-electron chi connectivity index (χ0n) is 19.8. The first kappa shape index (κ1) is 25.0. The minimum absolute atomic E-state index is 0.234. The van der Waals surface area contributed by atoms with Gasteiger partial charge in [0.2, 0.25) is 0 Å². The van der Waals surface area contributed by atoms with Crippen molar-refractivity contribution in [3.05, 3.63) is 64.9 Å². The predicted octanol–water partition coefficient (Wildman–Crippen LogP) is 2.34. The van der Waals surface area contributed by atoms with E-state index >= 15 is 0 Å². The highest BCUT2D eigenvalue weighted by Crippen LogP contribution is 2.33. The number of esters is 1. The average Bonchev–Trinajstić information content (AvgIpc) is 2.87. The molecule has 1 amide bonds. The Hall–Kier alpha value is -4.12. The van der Waals surface area contributed by atoms with E-state index in [1.165, 1.54) is 6.21 Å². The van der Waals surface area contributed by atoms with Crippen LogP contribution in [0.4, 0.5) is 0 Å². The molecule has 0 aromatic heterocycles. The van der Waals surface area contributed by atoms with E-state index in [2.05, 4.69) is 21.2 Å². The van der Waals surface area contributed by atoms with Gasteiger partial charge in [-0.05, 0) is 55.9 Å². The third-order valence-electron chi connectivity index (χ3n) is 5.32. The van der Waals surface area contributed by atoms with Crippen molar-refractivity contribution in [1.82, 2.24) is 16.1 Å². The third kappa shape index (κ3) is 5.92. The van der Waals surface area contributed by atoms with Gasteiger partial charge in [0.05, 0.1) is 24.4 Å². The molecule has 0 saturated carbocycles. The molecular weight excluding hydrogens is 484 g/mol. The monoisotopic (exact) mass is 510 g/mol. The van der Waals surface area contributed by atoms with Gasteiger partial charge < -0.3 is 29.6 Å². The summed E-state index contributed by atoms with van der Waals surface area (Å²) in [6, 6.07) is 11.9. The summed E-state index contributed by atoms with van der Waals surface area (Å²) in [6.07, 6.45) is 1.50. The Morgan fingerprint density at radius 1 is 1.19 bits per heavy atom. The maximum Gasteiger partial charge on any atom is 0.338 e. The molecule has 3 N–H and O–H groups in total. The van der Waals surface area contributed by atoms with E-state index in [0.717, 1.165) is 5.56 Å². The first-order valence-corrected chi connectivity index (χ1v) is 11.8. The summed E-state index contributed by atoms with van der Waals surface area (Å²) in [6.45, 7) is 4.44. The number of amides is 1. The molecule has 2 aliphatic heterocycles. The van der Waals surface area contributed by atoms with E-state index in [1.807, 2.05) is 12.1 Å². The first-order chi connectivity index (χ1) is 17.5. The second-order valence-corrected chi connectivity index (χ2v) is 8.22. The average molecular weight is 511 g/mol. The van der Waals surface area contributed by atoms with E-state index in [4.69, 9.17) is 31.2 Å². The molecule has 2 aromatic rings. The number of para-hydroxylation sites is 1. The van der Waals surface area contributed by atoms with Gasteiger partial charge in [-0.15, -0.1) is 0 Å². The van der Waals surface area contributed by atoms with E-state index in [1.54, 1.807) is 44.2 Å². The summed E-state index contributed by atoms with van der Waals surface area (Å²) in [7, 11) is 0. The molecule has 0 spiro atoms. The van der Waals surface area contributed by atoms with Crippen LogP contribution in [0.3, 0.4) is 0 Å². The molecule has 0 fully saturated rings. The van der Waals surface area contributed by atoms with Crippen LogP contribution in [0, 0.1) is 0 Å². The topological polar surface area (TPSA) is 120 Å². The Morgan fingerprint density at radius 2 is 1.97 bits per heavy atom. The van der Waals surface area contributed by atoms with Gasteiger partial charge in [-0.25, -0.2) is 10.2 Å². The summed E-state index contributed by atoms with van der Waals surface area (Å²) in [5.74, 6) is 0.803. The summed E-state index contributed by atoms with van der Waals surface area (Å²) >= 11 is 5.29. The minimum atomic E-state index is -0.606. The largest absolute Gasteiger partial charge is 0.486 e. The maximum absolute atomic E-state index is 12.7. The Kier molecular flexibility index (Phi) is 8.01. The van der Waals surface area contributed by atoms with Gasteiger partial charge in [-0.3, -0.25) is 4.79 Å². The Bertz CT molecular complexity index is 1230. The van der Waals surface area contributed by atoms with Gasteiger partial charge in [-0.2, -0.15) is 5.10 Å². The first-order valence-electron chi connectivity index (χ1n) is 11.3. The number of rotatable bonds is 8. The molecule has 0 saturated heterocycles. The molecule has 36 heavy (non-hydrogen) atoms. The predicted molar refractivity (Wildman–Crippen MR) is 136 cm³/mol. The Morgan fingerprint density at radius 3 is 2.78 bits per heavy atom.